The van der Waals surface area contributed by atoms with Crippen molar-refractivity contribution in [1.29, 1.82) is 0 Å². The topological polar surface area (TPSA) is 42.0 Å². The zero-order valence-corrected chi connectivity index (χ0v) is 17.2. The Kier molecular flexibility index (Phi) is 6.25. The number of nitrogens with zero attached hydrogens (tertiary/aromatic N) is 1. The van der Waals surface area contributed by atoms with Crippen LogP contribution in [0.15, 0.2) is 59.1 Å². The molecule has 0 radical (unpaired) electrons. The molecule has 0 atom stereocenters. The van der Waals surface area contributed by atoms with Crippen LogP contribution in [0.5, 0.6) is 0 Å². The molecule has 0 saturated heterocycles. The third-order valence-corrected chi connectivity index (χ3v) is 5.56. The number of aromatic nitrogens is 1. The summed E-state index contributed by atoms with van der Waals surface area (Å²) in [6.07, 6.45) is 4.10. The number of rotatable bonds is 5. The lowest BCUT2D eigenvalue weighted by Crippen LogP contribution is -2.07. The summed E-state index contributed by atoms with van der Waals surface area (Å²) >= 11 is 10.8. The molecular weight excluding hydrogens is 432 g/mol. The predicted octanol–water partition coefficient (Wildman–Crippen LogP) is 6.44. The van der Waals surface area contributed by atoms with Gasteiger partial charge in [-0.15, -0.1) is 11.3 Å². The van der Waals surface area contributed by atoms with Crippen LogP contribution in [-0.2, 0) is 11.2 Å². The third kappa shape index (κ3) is 4.81. The zero-order valence-electron chi connectivity index (χ0n) is 14.0. The van der Waals surface area contributed by atoms with Gasteiger partial charge in [-0.2, -0.15) is 0 Å². The number of halogens is 2. The van der Waals surface area contributed by atoms with Crippen molar-refractivity contribution in [2.45, 2.75) is 13.3 Å². The number of benzene rings is 2. The molecule has 0 spiro atoms. The maximum absolute atomic E-state index is 12.2. The number of hydrogen-bond acceptors (Lipinski definition) is 3. The lowest BCUT2D eigenvalue weighted by Gasteiger charge is -2.00. The number of thiazole rings is 1. The van der Waals surface area contributed by atoms with Gasteiger partial charge in [0, 0.05) is 26.0 Å². The summed E-state index contributed by atoms with van der Waals surface area (Å²) < 4.78 is 1.02. The number of aryl methyl sites for hydroxylation is 1. The Morgan fingerprint density at radius 1 is 1.19 bits per heavy atom. The van der Waals surface area contributed by atoms with Crippen LogP contribution in [-0.4, -0.2) is 10.9 Å². The van der Waals surface area contributed by atoms with E-state index in [1.165, 1.54) is 17.4 Å². The summed E-state index contributed by atoms with van der Waals surface area (Å²) in [7, 11) is 0. The number of carbonyl (C=O) groups is 1. The lowest BCUT2D eigenvalue weighted by molar-refractivity contribution is -0.111. The van der Waals surface area contributed by atoms with Gasteiger partial charge < -0.3 is 0 Å². The van der Waals surface area contributed by atoms with Crippen LogP contribution < -0.4 is 5.32 Å². The van der Waals surface area contributed by atoms with Crippen molar-refractivity contribution in [3.8, 4) is 11.3 Å². The minimum Gasteiger partial charge on any atom is -0.298 e. The van der Waals surface area contributed by atoms with Crippen LogP contribution in [0.25, 0.3) is 17.3 Å². The van der Waals surface area contributed by atoms with E-state index in [-0.39, 0.29) is 5.91 Å². The van der Waals surface area contributed by atoms with Gasteiger partial charge >= 0.3 is 0 Å². The molecular formula is C20H16BrClN2OS. The fourth-order valence-electron chi connectivity index (χ4n) is 2.37. The third-order valence-electron chi connectivity index (χ3n) is 3.66. The molecule has 0 aliphatic rings. The van der Waals surface area contributed by atoms with E-state index in [9.17, 15) is 4.79 Å². The average Bonchev–Trinajstić information content (AvgIpc) is 3.04. The van der Waals surface area contributed by atoms with Crippen molar-refractivity contribution in [2.75, 3.05) is 5.32 Å². The number of amides is 1. The number of nitrogens with one attached hydrogen (secondary N) is 1. The highest BCUT2D eigenvalue weighted by atomic mass is 79.9. The Labute approximate surface area is 169 Å². The molecule has 0 unspecified atom stereocenters. The Morgan fingerprint density at radius 2 is 1.88 bits per heavy atom. The van der Waals surface area contributed by atoms with Crippen molar-refractivity contribution in [3.63, 3.8) is 0 Å². The summed E-state index contributed by atoms with van der Waals surface area (Å²) in [5.74, 6) is -0.210. The molecule has 1 amide bonds. The Balaban J connectivity index is 1.74. The van der Waals surface area contributed by atoms with E-state index in [1.807, 2.05) is 36.4 Å². The first-order chi connectivity index (χ1) is 12.5. The second kappa shape index (κ2) is 8.62. The van der Waals surface area contributed by atoms with Gasteiger partial charge in [0.15, 0.2) is 5.13 Å². The molecule has 1 aromatic heterocycles. The van der Waals surface area contributed by atoms with Crippen LogP contribution in [0.2, 0.25) is 5.02 Å². The first kappa shape index (κ1) is 18.8. The summed E-state index contributed by atoms with van der Waals surface area (Å²) in [6, 6.07) is 15.3. The molecule has 1 heterocycles. The Bertz CT molecular complexity index is 933. The zero-order chi connectivity index (χ0) is 18.5. The van der Waals surface area contributed by atoms with Crippen LogP contribution in [0.3, 0.4) is 0 Å². The average molecular weight is 448 g/mol. The first-order valence-electron chi connectivity index (χ1n) is 8.05. The van der Waals surface area contributed by atoms with Gasteiger partial charge in [0.25, 0.3) is 0 Å². The normalized spacial score (nSPS) is 11.0. The lowest BCUT2D eigenvalue weighted by atomic mass is 10.1. The Hall–Kier alpha value is -1.95. The standard InChI is InChI=1S/C20H16BrClN2OS/c1-2-17-19(14-6-8-15(21)9-7-14)24-20(26-17)23-18(25)12-5-13-3-10-16(22)11-4-13/h3-12H,2H2,1H3,(H,23,24,25)/b12-5+. The molecule has 0 aliphatic carbocycles. The van der Waals surface area contributed by atoms with Crippen LogP contribution in [0.4, 0.5) is 5.13 Å². The molecule has 0 fully saturated rings. The number of carbonyl (C=O) groups excluding carboxylic acids is 1. The second-order valence-electron chi connectivity index (χ2n) is 5.53. The van der Waals surface area contributed by atoms with Crippen molar-refractivity contribution >= 4 is 56.0 Å². The minimum atomic E-state index is -0.210. The molecule has 3 nitrogen and oxygen atoms in total. The van der Waals surface area contributed by atoms with Gasteiger partial charge in [-0.3, -0.25) is 10.1 Å². The molecule has 0 aliphatic heterocycles. The quantitative estimate of drug-likeness (QED) is 0.457. The SMILES string of the molecule is CCc1sc(NC(=O)/C=C/c2ccc(Cl)cc2)nc1-c1ccc(Br)cc1. The minimum absolute atomic E-state index is 0.210. The van der Waals surface area contributed by atoms with Crippen LogP contribution in [0, 0.1) is 0 Å². The summed E-state index contributed by atoms with van der Waals surface area (Å²) in [4.78, 5) is 17.9. The van der Waals surface area contributed by atoms with Crippen molar-refractivity contribution in [3.05, 3.63) is 74.5 Å². The maximum Gasteiger partial charge on any atom is 0.250 e. The first-order valence-corrected chi connectivity index (χ1v) is 10.0. The molecule has 3 rings (SSSR count). The van der Waals surface area contributed by atoms with Crippen LogP contribution in [0.1, 0.15) is 17.4 Å². The molecule has 26 heavy (non-hydrogen) atoms. The maximum atomic E-state index is 12.2. The number of hydrogen-bond donors (Lipinski definition) is 1. The van der Waals surface area contributed by atoms with Gasteiger partial charge in [0.05, 0.1) is 5.69 Å². The van der Waals surface area contributed by atoms with Gasteiger partial charge in [-0.1, -0.05) is 58.7 Å². The van der Waals surface area contributed by atoms with Crippen molar-refractivity contribution < 1.29 is 4.79 Å². The van der Waals surface area contributed by atoms with E-state index in [2.05, 4.69) is 33.2 Å². The number of anilines is 1. The molecule has 132 valence electrons. The smallest absolute Gasteiger partial charge is 0.250 e. The highest BCUT2D eigenvalue weighted by molar-refractivity contribution is 9.10. The van der Waals surface area contributed by atoms with Gasteiger partial charge in [0.1, 0.15) is 0 Å². The second-order valence-corrected chi connectivity index (χ2v) is 7.96. The van der Waals surface area contributed by atoms with E-state index >= 15 is 0 Å². The summed E-state index contributed by atoms with van der Waals surface area (Å²) in [6.45, 7) is 2.09. The summed E-state index contributed by atoms with van der Waals surface area (Å²) in [5, 5.41) is 4.12. The molecule has 0 saturated carbocycles. The molecule has 1 N–H and O–H groups in total. The molecule has 2 aromatic carbocycles. The molecule has 0 bridgehead atoms. The van der Waals surface area contributed by atoms with E-state index < -0.39 is 0 Å². The van der Waals surface area contributed by atoms with Crippen LogP contribution >= 0.6 is 38.9 Å². The highest BCUT2D eigenvalue weighted by Crippen LogP contribution is 2.32. The van der Waals surface area contributed by atoms with E-state index in [1.54, 1.807) is 18.2 Å². The summed E-state index contributed by atoms with van der Waals surface area (Å²) in [5.41, 5.74) is 2.87. The fraction of sp³-hybridized carbons (Fsp3) is 0.100. The van der Waals surface area contributed by atoms with E-state index in [4.69, 9.17) is 11.6 Å². The van der Waals surface area contributed by atoms with Gasteiger partial charge in [-0.25, -0.2) is 4.98 Å². The van der Waals surface area contributed by atoms with Crippen molar-refractivity contribution in [1.82, 2.24) is 4.98 Å². The van der Waals surface area contributed by atoms with E-state index in [0.717, 1.165) is 32.6 Å². The molecule has 6 heteroatoms. The largest absolute Gasteiger partial charge is 0.298 e. The van der Waals surface area contributed by atoms with Gasteiger partial charge in [-0.05, 0) is 42.3 Å². The van der Waals surface area contributed by atoms with Crippen molar-refractivity contribution in [2.24, 2.45) is 0 Å². The predicted molar refractivity (Wildman–Crippen MR) is 114 cm³/mol. The Morgan fingerprint density at radius 3 is 2.54 bits per heavy atom. The van der Waals surface area contributed by atoms with Gasteiger partial charge in [0.2, 0.25) is 5.91 Å². The highest BCUT2D eigenvalue weighted by Gasteiger charge is 2.13. The van der Waals surface area contributed by atoms with E-state index in [0.29, 0.717) is 10.2 Å². The molecule has 3 aromatic rings. The fourth-order valence-corrected chi connectivity index (χ4v) is 3.69. The monoisotopic (exact) mass is 446 g/mol.